The molecule has 3 atom stereocenters. The lowest BCUT2D eigenvalue weighted by molar-refractivity contribution is 0.0979. The van der Waals surface area contributed by atoms with E-state index in [0.717, 1.165) is 54.9 Å². The monoisotopic (exact) mass is 399 g/mol. The summed E-state index contributed by atoms with van der Waals surface area (Å²) in [5.74, 6) is 1.52. The van der Waals surface area contributed by atoms with E-state index in [1.807, 2.05) is 26.4 Å². The Labute approximate surface area is 169 Å². The minimum absolute atomic E-state index is 0.102. The van der Waals surface area contributed by atoms with E-state index < -0.39 is 0 Å². The van der Waals surface area contributed by atoms with Crippen molar-refractivity contribution in [3.05, 3.63) is 24.3 Å². The lowest BCUT2D eigenvalue weighted by atomic mass is 9.93. The van der Waals surface area contributed by atoms with Crippen LogP contribution in [0.5, 0.6) is 0 Å². The zero-order valence-electron chi connectivity index (χ0n) is 17.3. The molecule has 1 fully saturated rings. The Kier molecular flexibility index (Phi) is 5.66. The van der Waals surface area contributed by atoms with Crippen LogP contribution >= 0.6 is 0 Å². The fraction of sp³-hybridized carbons (Fsp3) is 0.600. The molecule has 3 heterocycles. The molecule has 2 N–H and O–H groups in total. The van der Waals surface area contributed by atoms with E-state index in [0.29, 0.717) is 12.5 Å². The number of nitrogens with zero attached hydrogens (tertiary/aromatic N) is 5. The smallest absolute Gasteiger partial charge is 0.407 e. The number of nitrogens with one attached hydrogen (secondary N) is 2. The summed E-state index contributed by atoms with van der Waals surface area (Å²) in [5, 5.41) is 11.7. The zero-order valence-corrected chi connectivity index (χ0v) is 17.3. The second-order valence-corrected chi connectivity index (χ2v) is 8.08. The maximum absolute atomic E-state index is 12.2. The average molecular weight is 399 g/mol. The minimum Gasteiger partial charge on any atom is -0.446 e. The van der Waals surface area contributed by atoms with Gasteiger partial charge in [0.2, 0.25) is 0 Å². The maximum Gasteiger partial charge on any atom is 0.407 e. The molecule has 9 heteroatoms. The van der Waals surface area contributed by atoms with Crippen LogP contribution in [0.25, 0.3) is 16.8 Å². The van der Waals surface area contributed by atoms with E-state index in [9.17, 15) is 4.79 Å². The largest absolute Gasteiger partial charge is 0.446 e. The van der Waals surface area contributed by atoms with E-state index in [4.69, 9.17) is 4.74 Å². The minimum atomic E-state index is -0.326. The highest BCUT2D eigenvalue weighted by molar-refractivity contribution is 5.74. The number of alkyl carbamates (subject to hydrolysis) is 1. The molecule has 3 aromatic rings. The van der Waals surface area contributed by atoms with Crippen LogP contribution in [0.1, 0.15) is 44.3 Å². The second kappa shape index (κ2) is 8.36. The molecule has 1 aliphatic rings. The van der Waals surface area contributed by atoms with Crippen molar-refractivity contribution in [3.8, 4) is 0 Å². The molecule has 0 aromatic carbocycles. The van der Waals surface area contributed by atoms with Gasteiger partial charge in [-0.1, -0.05) is 13.3 Å². The number of rotatable bonds is 7. The molecule has 1 saturated carbocycles. The highest BCUT2D eigenvalue weighted by Gasteiger charge is 2.39. The number of ether oxygens (including phenoxy) is 1. The van der Waals surface area contributed by atoms with Crippen molar-refractivity contribution < 1.29 is 9.53 Å². The summed E-state index contributed by atoms with van der Waals surface area (Å²) in [7, 11) is 4.04. The topological polar surface area (TPSA) is 100 Å². The number of hydrogen-bond acceptors (Lipinski definition) is 6. The van der Waals surface area contributed by atoms with E-state index in [2.05, 4.69) is 41.7 Å². The van der Waals surface area contributed by atoms with Crippen molar-refractivity contribution in [2.24, 2.45) is 5.92 Å². The van der Waals surface area contributed by atoms with Gasteiger partial charge in [-0.25, -0.2) is 9.78 Å². The molecule has 9 nitrogen and oxygen atoms in total. The van der Waals surface area contributed by atoms with Gasteiger partial charge in [0.05, 0.1) is 11.7 Å². The molecule has 4 rings (SSSR count). The molecule has 0 bridgehead atoms. The Balaban J connectivity index is 1.46. The number of carbonyl (C=O) groups excluding carboxylic acids is 1. The molecule has 0 aliphatic heterocycles. The number of aromatic amines is 1. The van der Waals surface area contributed by atoms with Gasteiger partial charge in [-0.2, -0.15) is 0 Å². The van der Waals surface area contributed by atoms with Gasteiger partial charge in [0.15, 0.2) is 11.3 Å². The normalized spacial score (nSPS) is 22.0. The summed E-state index contributed by atoms with van der Waals surface area (Å²) in [6.45, 7) is 3.74. The summed E-state index contributed by atoms with van der Waals surface area (Å²) >= 11 is 0. The van der Waals surface area contributed by atoms with Gasteiger partial charge in [-0.15, -0.1) is 10.2 Å². The zero-order chi connectivity index (χ0) is 20.4. The maximum atomic E-state index is 12.2. The Morgan fingerprint density at radius 1 is 1.38 bits per heavy atom. The Hall–Kier alpha value is -2.68. The van der Waals surface area contributed by atoms with Crippen LogP contribution in [0.2, 0.25) is 0 Å². The number of hydrogen-bond donors (Lipinski definition) is 2. The van der Waals surface area contributed by atoms with Crippen molar-refractivity contribution in [3.63, 3.8) is 0 Å². The first-order valence-corrected chi connectivity index (χ1v) is 10.3. The highest BCUT2D eigenvalue weighted by atomic mass is 16.6. The average Bonchev–Trinajstić information content (AvgIpc) is 3.41. The number of H-pyrrole nitrogens is 1. The number of amides is 1. The van der Waals surface area contributed by atoms with Gasteiger partial charge >= 0.3 is 6.09 Å². The van der Waals surface area contributed by atoms with Crippen molar-refractivity contribution in [2.45, 2.75) is 44.6 Å². The van der Waals surface area contributed by atoms with Crippen LogP contribution in [-0.4, -0.2) is 68.8 Å². The van der Waals surface area contributed by atoms with Gasteiger partial charge in [-0.3, -0.25) is 4.40 Å². The summed E-state index contributed by atoms with van der Waals surface area (Å²) in [6, 6.07) is 1.99. The van der Waals surface area contributed by atoms with Crippen LogP contribution in [0, 0.1) is 5.92 Å². The molecule has 3 aromatic heterocycles. The summed E-state index contributed by atoms with van der Waals surface area (Å²) in [4.78, 5) is 21.8. The quantitative estimate of drug-likeness (QED) is 0.592. The molecule has 156 valence electrons. The summed E-state index contributed by atoms with van der Waals surface area (Å²) in [6.07, 6.45) is 6.70. The second-order valence-electron chi connectivity index (χ2n) is 8.08. The third-order valence-electron chi connectivity index (χ3n) is 5.80. The molecule has 0 spiro atoms. The van der Waals surface area contributed by atoms with Gasteiger partial charge in [0.1, 0.15) is 11.9 Å². The molecular weight excluding hydrogens is 370 g/mol. The van der Waals surface area contributed by atoms with Crippen LogP contribution in [0.15, 0.2) is 18.5 Å². The van der Waals surface area contributed by atoms with Crippen molar-refractivity contribution in [1.29, 1.82) is 0 Å². The number of fused-ring (bicyclic) bond motifs is 3. The third-order valence-corrected chi connectivity index (χ3v) is 5.80. The predicted molar refractivity (Wildman–Crippen MR) is 110 cm³/mol. The van der Waals surface area contributed by atoms with E-state index >= 15 is 0 Å². The summed E-state index contributed by atoms with van der Waals surface area (Å²) < 4.78 is 7.80. The van der Waals surface area contributed by atoms with E-state index in [1.54, 1.807) is 6.20 Å². The number of carbonyl (C=O) groups is 1. The van der Waals surface area contributed by atoms with Gasteiger partial charge in [-0.05, 0) is 51.9 Å². The first-order chi connectivity index (χ1) is 14.1. The van der Waals surface area contributed by atoms with Crippen molar-refractivity contribution in [1.82, 2.24) is 34.8 Å². The van der Waals surface area contributed by atoms with Crippen LogP contribution in [0.4, 0.5) is 4.79 Å². The third kappa shape index (κ3) is 4.05. The molecule has 1 aliphatic carbocycles. The molecule has 1 amide bonds. The van der Waals surface area contributed by atoms with E-state index in [1.165, 1.54) is 0 Å². The summed E-state index contributed by atoms with van der Waals surface area (Å²) in [5.41, 5.74) is 2.53. The van der Waals surface area contributed by atoms with E-state index in [-0.39, 0.29) is 18.1 Å². The van der Waals surface area contributed by atoms with Crippen LogP contribution in [0.3, 0.4) is 0 Å². The van der Waals surface area contributed by atoms with Gasteiger partial charge in [0.25, 0.3) is 0 Å². The first kappa shape index (κ1) is 19.6. The van der Waals surface area contributed by atoms with Crippen LogP contribution < -0.4 is 5.32 Å². The highest BCUT2D eigenvalue weighted by Crippen LogP contribution is 2.42. The molecule has 0 saturated heterocycles. The van der Waals surface area contributed by atoms with Gasteiger partial charge < -0.3 is 19.9 Å². The molecule has 29 heavy (non-hydrogen) atoms. The fourth-order valence-corrected chi connectivity index (χ4v) is 4.35. The molecular formula is C20H29N7O2. The van der Waals surface area contributed by atoms with Crippen molar-refractivity contribution in [2.75, 3.05) is 27.2 Å². The lowest BCUT2D eigenvalue weighted by Gasteiger charge is -2.15. The fourth-order valence-electron chi connectivity index (χ4n) is 4.35. The molecule has 3 unspecified atom stereocenters. The van der Waals surface area contributed by atoms with Crippen LogP contribution in [-0.2, 0) is 4.74 Å². The standard InChI is InChI=1S/C20H29N7O2/c1-4-13-10-14(29-20(28)22-7-5-9-26(2)3)11-15(13)19-25-24-17-12-23-18-16(27(17)19)6-8-21-18/h6,8,12-15,21H,4-5,7,9-11H2,1-3H3,(H,22,28). The predicted octanol–water partition coefficient (Wildman–Crippen LogP) is 2.56. The number of aromatic nitrogens is 5. The van der Waals surface area contributed by atoms with Crippen molar-refractivity contribution >= 4 is 22.9 Å². The molecule has 0 radical (unpaired) electrons. The van der Waals surface area contributed by atoms with Gasteiger partial charge in [0, 0.05) is 18.7 Å². The lowest BCUT2D eigenvalue weighted by Crippen LogP contribution is -2.30. The Bertz CT molecular complexity index is 980. The first-order valence-electron chi connectivity index (χ1n) is 10.3. The SMILES string of the molecule is CCC1CC(OC(=O)NCCCN(C)C)CC1c1nnc2cnc3[nH]ccc3n12. The Morgan fingerprint density at radius 2 is 2.24 bits per heavy atom. The Morgan fingerprint density at radius 3 is 3.03 bits per heavy atom.